The van der Waals surface area contributed by atoms with Crippen molar-refractivity contribution in [3.05, 3.63) is 65.7 Å². The molecule has 0 aliphatic carbocycles. The Balaban J connectivity index is 1.42. The van der Waals surface area contributed by atoms with Crippen molar-refractivity contribution in [1.29, 1.82) is 0 Å². The van der Waals surface area contributed by atoms with Crippen molar-refractivity contribution in [2.45, 2.75) is 13.5 Å². The molecule has 1 fully saturated rings. The molecule has 6 heteroatoms. The van der Waals surface area contributed by atoms with E-state index in [4.69, 9.17) is 4.18 Å². The number of nitrogens with zero attached hydrogens (tertiary/aromatic N) is 2. The maximum Gasteiger partial charge on any atom is 0.310 e. The highest BCUT2D eigenvalue weighted by atomic mass is 32.2. The first-order valence-corrected chi connectivity index (χ1v) is 10.6. The van der Waals surface area contributed by atoms with Crippen molar-refractivity contribution in [3.63, 3.8) is 0 Å². The van der Waals surface area contributed by atoms with Crippen LogP contribution in [0.2, 0.25) is 0 Å². The molecule has 0 atom stereocenters. The lowest BCUT2D eigenvalue weighted by Gasteiger charge is -2.34. The van der Waals surface area contributed by atoms with E-state index in [9.17, 15) is 8.42 Å². The molecule has 1 saturated heterocycles. The van der Waals surface area contributed by atoms with Gasteiger partial charge in [-0.2, -0.15) is 8.42 Å². The molecule has 1 aliphatic heterocycles. The van der Waals surface area contributed by atoms with E-state index in [2.05, 4.69) is 41.0 Å². The Hall–Kier alpha value is -1.89. The molecule has 1 heterocycles. The molecule has 2 aromatic rings. The minimum Gasteiger partial charge on any atom is -0.382 e. The number of benzene rings is 2. The fourth-order valence-electron chi connectivity index (χ4n) is 3.14. The van der Waals surface area contributed by atoms with Crippen LogP contribution < -0.4 is 4.18 Å². The van der Waals surface area contributed by atoms with Crippen molar-refractivity contribution in [3.8, 4) is 5.75 Å². The van der Waals surface area contributed by atoms with Gasteiger partial charge < -0.3 is 4.18 Å². The molecule has 5 nitrogen and oxygen atoms in total. The van der Waals surface area contributed by atoms with Crippen LogP contribution in [0.1, 0.15) is 11.1 Å². The maximum absolute atomic E-state index is 12.1. The molecule has 140 valence electrons. The first kappa shape index (κ1) is 18.9. The quantitative estimate of drug-likeness (QED) is 0.697. The van der Waals surface area contributed by atoms with E-state index >= 15 is 0 Å². The molecule has 2 aromatic carbocycles. The molecular weight excluding hydrogens is 348 g/mol. The number of hydrogen-bond acceptors (Lipinski definition) is 5. The summed E-state index contributed by atoms with van der Waals surface area (Å²) < 4.78 is 29.4. The van der Waals surface area contributed by atoms with Gasteiger partial charge in [-0.3, -0.25) is 9.80 Å². The largest absolute Gasteiger partial charge is 0.382 e. The smallest absolute Gasteiger partial charge is 0.310 e. The average Bonchev–Trinajstić information content (AvgIpc) is 2.62. The van der Waals surface area contributed by atoms with Crippen LogP contribution in [0, 0.1) is 6.92 Å². The van der Waals surface area contributed by atoms with E-state index in [1.54, 1.807) is 24.3 Å². The maximum atomic E-state index is 12.1. The highest BCUT2D eigenvalue weighted by Gasteiger charge is 2.20. The number of hydrogen-bond donors (Lipinski definition) is 0. The summed E-state index contributed by atoms with van der Waals surface area (Å²) in [4.78, 5) is 4.61. The summed E-state index contributed by atoms with van der Waals surface area (Å²) in [5.41, 5.74) is 2.61. The second-order valence-corrected chi connectivity index (χ2v) is 8.46. The third kappa shape index (κ3) is 5.83. The monoisotopic (exact) mass is 374 g/mol. The normalized spacial score (nSPS) is 16.5. The predicted molar refractivity (Wildman–Crippen MR) is 104 cm³/mol. The fourth-order valence-corrected chi connectivity index (χ4v) is 4.11. The number of para-hydroxylation sites is 1. The van der Waals surface area contributed by atoms with Crippen LogP contribution in [0.4, 0.5) is 0 Å². The predicted octanol–water partition coefficient (Wildman–Crippen LogP) is 2.52. The van der Waals surface area contributed by atoms with Gasteiger partial charge in [0, 0.05) is 39.3 Å². The second-order valence-electron chi connectivity index (χ2n) is 6.77. The number of rotatable bonds is 7. The van der Waals surface area contributed by atoms with Crippen molar-refractivity contribution >= 4 is 10.1 Å². The highest BCUT2D eigenvalue weighted by molar-refractivity contribution is 7.87. The summed E-state index contributed by atoms with van der Waals surface area (Å²) in [6.07, 6.45) is 0. The minimum atomic E-state index is -3.56. The molecule has 0 radical (unpaired) electrons. The Bertz CT molecular complexity index is 801. The summed E-state index contributed by atoms with van der Waals surface area (Å²) in [6.45, 7) is 7.23. The van der Waals surface area contributed by atoms with E-state index in [0.29, 0.717) is 12.3 Å². The SMILES string of the molecule is Cc1cccc(CN2CCN(CCS(=O)(=O)Oc3ccccc3)CC2)c1. The third-order valence-corrected chi connectivity index (χ3v) is 5.71. The van der Waals surface area contributed by atoms with Crippen molar-refractivity contribution < 1.29 is 12.6 Å². The molecule has 0 amide bonds. The lowest BCUT2D eigenvalue weighted by atomic mass is 10.1. The van der Waals surface area contributed by atoms with Crippen molar-refractivity contribution in [2.75, 3.05) is 38.5 Å². The fraction of sp³-hybridized carbons (Fsp3) is 0.400. The van der Waals surface area contributed by atoms with Gasteiger partial charge in [-0.25, -0.2) is 0 Å². The molecule has 0 saturated carbocycles. The van der Waals surface area contributed by atoms with Crippen LogP contribution in [0.25, 0.3) is 0 Å². The first-order chi connectivity index (χ1) is 12.5. The van der Waals surface area contributed by atoms with Crippen LogP contribution in [0.5, 0.6) is 5.75 Å². The van der Waals surface area contributed by atoms with Crippen molar-refractivity contribution in [1.82, 2.24) is 9.80 Å². The van der Waals surface area contributed by atoms with Crippen LogP contribution >= 0.6 is 0 Å². The molecule has 26 heavy (non-hydrogen) atoms. The summed E-state index contributed by atoms with van der Waals surface area (Å²) in [5, 5.41) is 0. The van der Waals surface area contributed by atoms with Gasteiger partial charge in [-0.15, -0.1) is 0 Å². The molecule has 3 rings (SSSR count). The van der Waals surface area contributed by atoms with E-state index in [1.165, 1.54) is 11.1 Å². The van der Waals surface area contributed by atoms with Gasteiger partial charge in [0.15, 0.2) is 0 Å². The van der Waals surface area contributed by atoms with Crippen molar-refractivity contribution in [2.24, 2.45) is 0 Å². The number of piperazine rings is 1. The molecule has 0 N–H and O–H groups in total. The van der Waals surface area contributed by atoms with Gasteiger partial charge in [0.2, 0.25) is 0 Å². The van der Waals surface area contributed by atoms with Gasteiger partial charge in [0.1, 0.15) is 5.75 Å². The minimum absolute atomic E-state index is 0.0137. The standard InChI is InChI=1S/C20H26N2O3S/c1-18-6-5-7-19(16-18)17-22-12-10-21(11-13-22)14-15-26(23,24)25-20-8-3-2-4-9-20/h2-9,16H,10-15,17H2,1H3. The molecule has 0 aromatic heterocycles. The topological polar surface area (TPSA) is 49.9 Å². The van der Waals surface area contributed by atoms with Gasteiger partial charge in [0.25, 0.3) is 0 Å². The molecule has 0 bridgehead atoms. The van der Waals surface area contributed by atoms with E-state index < -0.39 is 10.1 Å². The lowest BCUT2D eigenvalue weighted by molar-refractivity contribution is 0.132. The summed E-state index contributed by atoms with van der Waals surface area (Å²) in [5.74, 6) is 0.384. The Kier molecular flexibility index (Phi) is 6.29. The van der Waals surface area contributed by atoms with Gasteiger partial charge >= 0.3 is 10.1 Å². The Labute approximate surface area is 156 Å². The lowest BCUT2D eigenvalue weighted by Crippen LogP contribution is -2.47. The van der Waals surface area contributed by atoms with E-state index in [-0.39, 0.29) is 5.75 Å². The Morgan fingerprint density at radius 2 is 1.62 bits per heavy atom. The van der Waals surface area contributed by atoms with Crippen LogP contribution in [0.3, 0.4) is 0 Å². The zero-order chi connectivity index (χ0) is 18.4. The van der Waals surface area contributed by atoms with Crippen LogP contribution in [-0.2, 0) is 16.7 Å². The third-order valence-electron chi connectivity index (χ3n) is 4.58. The van der Waals surface area contributed by atoms with Gasteiger partial charge in [0.05, 0.1) is 5.75 Å². The zero-order valence-corrected chi connectivity index (χ0v) is 16.0. The molecule has 0 spiro atoms. The van der Waals surface area contributed by atoms with Crippen LogP contribution in [0.15, 0.2) is 54.6 Å². The number of aryl methyl sites for hydroxylation is 1. The molecule has 1 aliphatic rings. The zero-order valence-electron chi connectivity index (χ0n) is 15.2. The van der Waals surface area contributed by atoms with Gasteiger partial charge in [-0.1, -0.05) is 48.0 Å². The molecule has 0 unspecified atom stereocenters. The summed E-state index contributed by atoms with van der Waals surface area (Å²) in [6, 6.07) is 17.3. The van der Waals surface area contributed by atoms with E-state index in [1.807, 2.05) is 6.07 Å². The van der Waals surface area contributed by atoms with Crippen LogP contribution in [-0.4, -0.2) is 56.7 Å². The van der Waals surface area contributed by atoms with E-state index in [0.717, 1.165) is 32.7 Å². The Morgan fingerprint density at radius 3 is 2.31 bits per heavy atom. The first-order valence-electron chi connectivity index (χ1n) is 8.98. The Morgan fingerprint density at radius 1 is 0.923 bits per heavy atom. The van der Waals surface area contributed by atoms with Gasteiger partial charge in [-0.05, 0) is 24.6 Å². The average molecular weight is 375 g/mol. The molecular formula is C20H26N2O3S. The summed E-state index contributed by atoms with van der Waals surface area (Å²) >= 11 is 0. The highest BCUT2D eigenvalue weighted by Crippen LogP contribution is 2.13. The summed E-state index contributed by atoms with van der Waals surface area (Å²) in [7, 11) is -3.56. The second kappa shape index (κ2) is 8.66.